The summed E-state index contributed by atoms with van der Waals surface area (Å²) in [5, 5.41) is 5.92. The topological polar surface area (TPSA) is 83.5 Å². The number of halogens is 4. The number of esters is 1. The number of amides is 1. The average molecular weight is 700 g/mol. The van der Waals surface area contributed by atoms with Crippen LogP contribution in [0, 0.1) is 6.92 Å². The quantitative estimate of drug-likeness (QED) is 0.0804. The highest BCUT2D eigenvalue weighted by atomic mass is 79.9. The highest BCUT2D eigenvalue weighted by Gasteiger charge is 2.21. The van der Waals surface area contributed by atoms with Crippen LogP contribution in [0.1, 0.15) is 32.0 Å². The lowest BCUT2D eigenvalue weighted by Crippen LogP contribution is -2.19. The van der Waals surface area contributed by atoms with E-state index in [-0.39, 0.29) is 11.4 Å². The number of benzene rings is 4. The SMILES string of the molecule is Cc1cccc(C(=O)Oc2c(Br)cc(Br)cc2C=NNC(=O)c2[nH]c3ccc(Cl)cc3c2-c2ccccc2Cl)c1. The van der Waals surface area contributed by atoms with Crippen molar-refractivity contribution < 1.29 is 14.3 Å². The zero-order valence-electron chi connectivity index (χ0n) is 20.8. The van der Waals surface area contributed by atoms with Crippen LogP contribution in [0.4, 0.5) is 0 Å². The maximum atomic E-state index is 13.4. The molecule has 1 heterocycles. The molecule has 5 rings (SSSR count). The van der Waals surface area contributed by atoms with E-state index in [9.17, 15) is 9.59 Å². The Kier molecular flexibility index (Phi) is 8.42. The molecule has 0 spiro atoms. The molecule has 0 fully saturated rings. The first kappa shape index (κ1) is 28.1. The average Bonchev–Trinajstić information content (AvgIpc) is 3.29. The van der Waals surface area contributed by atoms with Gasteiger partial charge in [-0.3, -0.25) is 4.79 Å². The molecule has 2 N–H and O–H groups in total. The Morgan fingerprint density at radius 3 is 2.55 bits per heavy atom. The first-order valence-corrected chi connectivity index (χ1v) is 14.2. The number of hydrazone groups is 1. The second-order valence-corrected chi connectivity index (χ2v) is 11.4. The molecular weight excluding hydrogens is 681 g/mol. The van der Waals surface area contributed by atoms with Gasteiger partial charge < -0.3 is 9.72 Å². The van der Waals surface area contributed by atoms with Crippen LogP contribution in [0.3, 0.4) is 0 Å². The molecule has 1 aromatic heterocycles. The summed E-state index contributed by atoms with van der Waals surface area (Å²) in [6.45, 7) is 1.89. The number of aromatic amines is 1. The van der Waals surface area contributed by atoms with E-state index in [2.05, 4.69) is 47.4 Å². The summed E-state index contributed by atoms with van der Waals surface area (Å²) < 4.78 is 6.96. The van der Waals surface area contributed by atoms with Crippen molar-refractivity contribution in [2.75, 3.05) is 0 Å². The lowest BCUT2D eigenvalue weighted by molar-refractivity contribution is 0.0732. The molecule has 0 saturated heterocycles. The monoisotopic (exact) mass is 697 g/mol. The van der Waals surface area contributed by atoms with Crippen molar-refractivity contribution in [3.05, 3.63) is 120 Å². The molecule has 10 heteroatoms. The molecule has 0 atom stereocenters. The van der Waals surface area contributed by atoms with Crippen LogP contribution in [0.15, 0.2) is 92.9 Å². The number of aromatic nitrogens is 1. The molecule has 5 aromatic rings. The number of fused-ring (bicyclic) bond motifs is 1. The van der Waals surface area contributed by atoms with Gasteiger partial charge in [-0.15, -0.1) is 0 Å². The Labute approximate surface area is 256 Å². The second-order valence-electron chi connectivity index (χ2n) is 8.81. The van der Waals surface area contributed by atoms with Gasteiger partial charge in [-0.2, -0.15) is 5.10 Å². The molecule has 40 heavy (non-hydrogen) atoms. The number of nitrogens with one attached hydrogen (secondary N) is 2. The predicted octanol–water partition coefficient (Wildman–Crippen LogP) is 8.96. The third kappa shape index (κ3) is 6.00. The minimum atomic E-state index is -0.522. The number of hydrogen-bond donors (Lipinski definition) is 2. The third-order valence-corrected chi connectivity index (χ3v) is 7.60. The van der Waals surface area contributed by atoms with Crippen molar-refractivity contribution in [1.29, 1.82) is 0 Å². The minimum absolute atomic E-state index is 0.254. The molecule has 0 bridgehead atoms. The van der Waals surface area contributed by atoms with Gasteiger partial charge in [0, 0.05) is 42.1 Å². The van der Waals surface area contributed by atoms with E-state index in [1.54, 1.807) is 54.6 Å². The lowest BCUT2D eigenvalue weighted by Gasteiger charge is -2.11. The van der Waals surface area contributed by atoms with E-state index < -0.39 is 11.9 Å². The van der Waals surface area contributed by atoms with Crippen molar-refractivity contribution in [1.82, 2.24) is 10.4 Å². The number of H-pyrrole nitrogens is 1. The van der Waals surface area contributed by atoms with Crippen molar-refractivity contribution in [3.8, 4) is 16.9 Å². The van der Waals surface area contributed by atoms with Gasteiger partial charge in [0.25, 0.3) is 5.91 Å². The number of ether oxygens (including phenoxy) is 1. The summed E-state index contributed by atoms with van der Waals surface area (Å²) in [5.74, 6) is -0.762. The first-order valence-electron chi connectivity index (χ1n) is 11.9. The van der Waals surface area contributed by atoms with Crippen LogP contribution in [0.25, 0.3) is 22.0 Å². The van der Waals surface area contributed by atoms with Crippen LogP contribution >= 0.6 is 55.1 Å². The van der Waals surface area contributed by atoms with E-state index in [1.165, 1.54) is 6.21 Å². The van der Waals surface area contributed by atoms with Crippen molar-refractivity contribution in [2.45, 2.75) is 6.92 Å². The Balaban J connectivity index is 1.46. The Hall–Kier alpha value is -3.43. The number of aryl methyl sites for hydroxylation is 1. The standard InChI is InChI=1S/C30H19Br2Cl2N3O3/c1-16-5-4-6-17(11-16)30(39)40-28-18(12-19(31)13-23(28)32)15-35-37-29(38)27-26(21-7-2-3-8-24(21)34)22-14-20(33)9-10-25(22)36-27/h2-15,36H,1H3,(H,37,38). The molecule has 4 aromatic carbocycles. The molecule has 0 radical (unpaired) electrons. The van der Waals surface area contributed by atoms with Crippen LogP contribution in [0.2, 0.25) is 10.0 Å². The fourth-order valence-corrected chi connectivity index (χ4v) is 5.94. The van der Waals surface area contributed by atoms with Crippen LogP contribution in [-0.4, -0.2) is 23.1 Å². The van der Waals surface area contributed by atoms with Crippen LogP contribution in [0.5, 0.6) is 5.75 Å². The van der Waals surface area contributed by atoms with Crippen LogP contribution < -0.4 is 10.2 Å². The first-order chi connectivity index (χ1) is 19.2. The number of nitrogens with zero attached hydrogens (tertiary/aromatic N) is 1. The normalized spacial score (nSPS) is 11.2. The van der Waals surface area contributed by atoms with Gasteiger partial charge in [0.2, 0.25) is 0 Å². The second kappa shape index (κ2) is 12.0. The molecule has 6 nitrogen and oxygen atoms in total. The van der Waals surface area contributed by atoms with Gasteiger partial charge in [-0.05, 0) is 71.4 Å². The van der Waals surface area contributed by atoms with E-state index in [4.69, 9.17) is 27.9 Å². The van der Waals surface area contributed by atoms with Crippen molar-refractivity contribution in [2.24, 2.45) is 5.10 Å². The minimum Gasteiger partial charge on any atom is -0.421 e. The summed E-state index contributed by atoms with van der Waals surface area (Å²) in [6, 6.07) is 23.1. The molecular formula is C30H19Br2Cl2N3O3. The molecule has 0 saturated carbocycles. The smallest absolute Gasteiger partial charge is 0.343 e. The molecule has 0 aliphatic rings. The van der Waals surface area contributed by atoms with Gasteiger partial charge in [-0.1, -0.05) is 75.0 Å². The van der Waals surface area contributed by atoms with Gasteiger partial charge in [0.15, 0.2) is 5.75 Å². The molecule has 1 amide bonds. The summed E-state index contributed by atoms with van der Waals surface area (Å²) in [6.07, 6.45) is 1.40. The molecule has 200 valence electrons. The summed E-state index contributed by atoms with van der Waals surface area (Å²) in [4.78, 5) is 29.4. The van der Waals surface area contributed by atoms with Gasteiger partial charge in [0.05, 0.1) is 16.3 Å². The molecule has 0 aliphatic carbocycles. The van der Waals surface area contributed by atoms with Gasteiger partial charge in [-0.25, -0.2) is 10.2 Å². The van der Waals surface area contributed by atoms with Crippen molar-refractivity contribution in [3.63, 3.8) is 0 Å². The third-order valence-electron chi connectivity index (χ3n) is 5.99. The Bertz CT molecular complexity index is 1820. The largest absolute Gasteiger partial charge is 0.421 e. The van der Waals surface area contributed by atoms with E-state index >= 15 is 0 Å². The molecule has 0 aliphatic heterocycles. The zero-order chi connectivity index (χ0) is 28.4. The summed E-state index contributed by atoms with van der Waals surface area (Å²) >= 11 is 19.7. The van der Waals surface area contributed by atoms with E-state index in [0.717, 1.165) is 20.9 Å². The number of carbonyl (C=O) groups is 2. The van der Waals surface area contributed by atoms with E-state index in [1.807, 2.05) is 31.2 Å². The zero-order valence-corrected chi connectivity index (χ0v) is 25.5. The predicted molar refractivity (Wildman–Crippen MR) is 167 cm³/mol. The Morgan fingerprint density at radius 1 is 0.975 bits per heavy atom. The maximum Gasteiger partial charge on any atom is 0.343 e. The Morgan fingerprint density at radius 2 is 1.77 bits per heavy atom. The van der Waals surface area contributed by atoms with Crippen molar-refractivity contribution >= 4 is 84.1 Å². The number of hydrogen-bond acceptors (Lipinski definition) is 4. The highest BCUT2D eigenvalue weighted by molar-refractivity contribution is 9.11. The molecule has 0 unspecified atom stereocenters. The van der Waals surface area contributed by atoms with E-state index in [0.29, 0.717) is 36.8 Å². The number of rotatable bonds is 6. The lowest BCUT2D eigenvalue weighted by atomic mass is 10.0. The summed E-state index contributed by atoms with van der Waals surface area (Å²) in [7, 11) is 0. The highest BCUT2D eigenvalue weighted by Crippen LogP contribution is 2.38. The van der Waals surface area contributed by atoms with Gasteiger partial charge >= 0.3 is 5.97 Å². The maximum absolute atomic E-state index is 13.4. The number of carbonyl (C=O) groups excluding carboxylic acids is 2. The summed E-state index contributed by atoms with van der Waals surface area (Å²) in [5.41, 5.74) is 6.63. The van der Waals surface area contributed by atoms with Gasteiger partial charge in [0.1, 0.15) is 5.69 Å². The fraction of sp³-hybridized carbons (Fsp3) is 0.0333. The fourth-order valence-electron chi connectivity index (χ4n) is 4.20. The van der Waals surface area contributed by atoms with Crippen LogP contribution in [-0.2, 0) is 0 Å².